The molecule has 0 spiro atoms. The van der Waals surface area contributed by atoms with Gasteiger partial charge in [-0.25, -0.2) is 8.42 Å². The molecule has 142 valence electrons. The van der Waals surface area contributed by atoms with Gasteiger partial charge in [-0.1, -0.05) is 12.1 Å². The number of hydrogen-bond acceptors (Lipinski definition) is 5. The van der Waals surface area contributed by atoms with E-state index in [-0.39, 0.29) is 30.3 Å². The van der Waals surface area contributed by atoms with Crippen molar-refractivity contribution >= 4 is 10.0 Å². The smallest absolute Gasteiger partial charge is 0.387 e. The molecule has 0 radical (unpaired) electrons. The zero-order valence-corrected chi connectivity index (χ0v) is 14.9. The van der Waals surface area contributed by atoms with Crippen LogP contribution < -0.4 is 4.74 Å². The number of aromatic nitrogens is 2. The van der Waals surface area contributed by atoms with E-state index in [4.69, 9.17) is 4.74 Å². The minimum Gasteiger partial charge on any atom is -0.433 e. The molecule has 1 aromatic heterocycles. The number of benzene rings is 1. The number of aryl methyl sites for hydroxylation is 1. The van der Waals surface area contributed by atoms with Gasteiger partial charge in [-0.2, -0.15) is 18.2 Å². The first-order valence-corrected chi connectivity index (χ1v) is 9.53. The lowest BCUT2D eigenvalue weighted by Crippen LogP contribution is -2.42. The topological polar surface area (TPSA) is 73.7 Å². The molecule has 26 heavy (non-hydrogen) atoms. The highest BCUT2D eigenvalue weighted by Crippen LogP contribution is 2.31. The number of para-hydroxylation sites is 1. The number of ether oxygens (including phenoxy) is 2. The van der Waals surface area contributed by atoms with E-state index in [1.807, 2.05) is 6.92 Å². The number of rotatable bonds is 6. The Hall–Kier alpha value is -2.04. The van der Waals surface area contributed by atoms with Gasteiger partial charge in [0.25, 0.3) is 0 Å². The lowest BCUT2D eigenvalue weighted by Gasteiger charge is -2.32. The third kappa shape index (κ3) is 3.87. The molecule has 1 unspecified atom stereocenters. The second-order valence-electron chi connectivity index (χ2n) is 5.68. The molecule has 2 heterocycles. The standard InChI is InChI=1S/C16H19F2N3O4S/c1-2-20-10-12(9-19-20)14-11-21(7-8-24-14)26(22,23)15-6-4-3-5-13(15)25-16(17)18/h3-6,9-10,14,16H,2,7-8,11H2,1H3. The van der Waals surface area contributed by atoms with E-state index in [9.17, 15) is 17.2 Å². The van der Waals surface area contributed by atoms with Gasteiger partial charge in [-0.15, -0.1) is 0 Å². The molecule has 1 saturated heterocycles. The van der Waals surface area contributed by atoms with Crippen LogP contribution in [-0.2, 0) is 21.3 Å². The van der Waals surface area contributed by atoms with E-state index in [2.05, 4.69) is 9.84 Å². The maximum absolute atomic E-state index is 13.0. The fourth-order valence-electron chi connectivity index (χ4n) is 2.76. The normalized spacial score (nSPS) is 19.0. The molecule has 1 aliphatic rings. The first-order chi connectivity index (χ1) is 12.4. The van der Waals surface area contributed by atoms with Crippen LogP contribution in [0.1, 0.15) is 18.6 Å². The van der Waals surface area contributed by atoms with Gasteiger partial charge >= 0.3 is 6.61 Å². The Morgan fingerprint density at radius 2 is 2.15 bits per heavy atom. The molecule has 0 amide bonds. The van der Waals surface area contributed by atoms with Gasteiger partial charge in [0.1, 0.15) is 10.6 Å². The number of alkyl halides is 2. The summed E-state index contributed by atoms with van der Waals surface area (Å²) in [7, 11) is -4.01. The molecule has 1 atom stereocenters. The van der Waals surface area contributed by atoms with Crippen LogP contribution in [0, 0.1) is 0 Å². The van der Waals surface area contributed by atoms with E-state index in [0.29, 0.717) is 6.54 Å². The van der Waals surface area contributed by atoms with Gasteiger partial charge < -0.3 is 9.47 Å². The number of nitrogens with zero attached hydrogens (tertiary/aromatic N) is 3. The van der Waals surface area contributed by atoms with Crippen molar-refractivity contribution in [3.63, 3.8) is 0 Å². The molecule has 2 aromatic rings. The molecular formula is C16H19F2N3O4S. The largest absolute Gasteiger partial charge is 0.433 e. The predicted molar refractivity (Wildman–Crippen MR) is 88.4 cm³/mol. The summed E-state index contributed by atoms with van der Waals surface area (Å²) in [6.07, 6.45) is 2.97. The van der Waals surface area contributed by atoms with Crippen molar-refractivity contribution in [3.05, 3.63) is 42.2 Å². The van der Waals surface area contributed by atoms with E-state index in [0.717, 1.165) is 5.56 Å². The van der Waals surface area contributed by atoms with E-state index in [1.165, 1.54) is 28.6 Å². The molecule has 0 bridgehead atoms. The molecule has 3 rings (SSSR count). The van der Waals surface area contributed by atoms with Gasteiger partial charge in [-0.05, 0) is 19.1 Å². The lowest BCUT2D eigenvalue weighted by atomic mass is 10.2. The van der Waals surface area contributed by atoms with Crippen molar-refractivity contribution in [2.45, 2.75) is 31.1 Å². The van der Waals surface area contributed by atoms with Crippen LogP contribution in [0.25, 0.3) is 0 Å². The zero-order chi connectivity index (χ0) is 18.7. The number of halogens is 2. The maximum Gasteiger partial charge on any atom is 0.387 e. The minimum absolute atomic E-state index is 0.0702. The summed E-state index contributed by atoms with van der Waals surface area (Å²) < 4.78 is 64.1. The Morgan fingerprint density at radius 1 is 1.38 bits per heavy atom. The number of morpholine rings is 1. The van der Waals surface area contributed by atoms with Gasteiger partial charge in [0.2, 0.25) is 10.0 Å². The van der Waals surface area contributed by atoms with Crippen molar-refractivity contribution in [1.29, 1.82) is 0 Å². The monoisotopic (exact) mass is 387 g/mol. The van der Waals surface area contributed by atoms with Gasteiger partial charge in [-0.3, -0.25) is 4.68 Å². The van der Waals surface area contributed by atoms with Crippen molar-refractivity contribution in [3.8, 4) is 5.75 Å². The highest BCUT2D eigenvalue weighted by Gasteiger charge is 2.34. The Kier molecular flexibility index (Phi) is 5.54. The molecule has 0 aliphatic carbocycles. The third-order valence-electron chi connectivity index (χ3n) is 4.06. The van der Waals surface area contributed by atoms with Crippen LogP contribution in [0.2, 0.25) is 0 Å². The van der Waals surface area contributed by atoms with E-state index < -0.39 is 22.7 Å². The average molecular weight is 387 g/mol. The van der Waals surface area contributed by atoms with Crippen LogP contribution in [0.5, 0.6) is 5.75 Å². The summed E-state index contributed by atoms with van der Waals surface area (Å²) in [6.45, 7) is -0.0880. The second kappa shape index (κ2) is 7.68. The summed E-state index contributed by atoms with van der Waals surface area (Å²) in [6, 6.07) is 5.38. The minimum atomic E-state index is -4.01. The Bertz CT molecular complexity index is 857. The first-order valence-electron chi connectivity index (χ1n) is 8.09. The first kappa shape index (κ1) is 18.7. The van der Waals surface area contributed by atoms with Crippen molar-refractivity contribution < 1.29 is 26.7 Å². The predicted octanol–water partition coefficient (Wildman–Crippen LogP) is 2.27. The number of hydrogen-bond donors (Lipinski definition) is 0. The summed E-state index contributed by atoms with van der Waals surface area (Å²) in [5.41, 5.74) is 0.767. The summed E-state index contributed by atoms with van der Waals surface area (Å²) >= 11 is 0. The lowest BCUT2D eigenvalue weighted by molar-refractivity contribution is -0.0519. The van der Waals surface area contributed by atoms with Gasteiger partial charge in [0.05, 0.1) is 18.9 Å². The van der Waals surface area contributed by atoms with Crippen LogP contribution in [-0.4, -0.2) is 48.8 Å². The van der Waals surface area contributed by atoms with Crippen LogP contribution in [0.3, 0.4) is 0 Å². The Balaban J connectivity index is 1.85. The highest BCUT2D eigenvalue weighted by molar-refractivity contribution is 7.89. The van der Waals surface area contributed by atoms with Crippen molar-refractivity contribution in [1.82, 2.24) is 14.1 Å². The molecule has 7 nitrogen and oxygen atoms in total. The SMILES string of the molecule is CCn1cc(C2CN(S(=O)(=O)c3ccccc3OC(F)F)CCO2)cn1. The highest BCUT2D eigenvalue weighted by atomic mass is 32.2. The average Bonchev–Trinajstić information content (AvgIpc) is 3.11. The molecule has 0 N–H and O–H groups in total. The number of sulfonamides is 1. The van der Waals surface area contributed by atoms with Crippen LogP contribution in [0.4, 0.5) is 8.78 Å². The fourth-order valence-corrected chi connectivity index (χ4v) is 4.31. The van der Waals surface area contributed by atoms with Gasteiger partial charge in [0, 0.05) is 31.4 Å². The molecule has 1 aromatic carbocycles. The van der Waals surface area contributed by atoms with E-state index >= 15 is 0 Å². The Morgan fingerprint density at radius 3 is 2.85 bits per heavy atom. The molecule has 1 fully saturated rings. The quantitative estimate of drug-likeness (QED) is 0.760. The molecule has 10 heteroatoms. The van der Waals surface area contributed by atoms with E-state index in [1.54, 1.807) is 17.1 Å². The summed E-state index contributed by atoms with van der Waals surface area (Å²) in [5.74, 6) is -0.371. The second-order valence-corrected chi connectivity index (χ2v) is 7.58. The van der Waals surface area contributed by atoms with Crippen molar-refractivity contribution in [2.75, 3.05) is 19.7 Å². The molecule has 1 aliphatic heterocycles. The summed E-state index contributed by atoms with van der Waals surface area (Å²) in [4.78, 5) is -0.287. The fraction of sp³-hybridized carbons (Fsp3) is 0.438. The van der Waals surface area contributed by atoms with Crippen LogP contribution >= 0.6 is 0 Å². The van der Waals surface area contributed by atoms with Gasteiger partial charge in [0.15, 0.2) is 0 Å². The van der Waals surface area contributed by atoms with Crippen molar-refractivity contribution in [2.24, 2.45) is 0 Å². The third-order valence-corrected chi connectivity index (χ3v) is 5.97. The summed E-state index contributed by atoms with van der Waals surface area (Å²) in [5, 5.41) is 4.17. The molecule has 0 saturated carbocycles. The molecular weight excluding hydrogens is 368 g/mol. The van der Waals surface area contributed by atoms with Crippen LogP contribution in [0.15, 0.2) is 41.6 Å². The maximum atomic E-state index is 13.0. The zero-order valence-electron chi connectivity index (χ0n) is 14.1. The Labute approximate surface area is 150 Å².